The molecule has 1 fully saturated rings. The third-order valence-corrected chi connectivity index (χ3v) is 4.46. The lowest BCUT2D eigenvalue weighted by Gasteiger charge is -2.31. The Balaban J connectivity index is 0.00000182. The van der Waals surface area contributed by atoms with E-state index in [1.54, 1.807) is 23.1 Å². The second kappa shape index (κ2) is 10.5. The summed E-state index contributed by atoms with van der Waals surface area (Å²) in [6, 6.07) is 4.99. The minimum absolute atomic E-state index is 0. The first-order chi connectivity index (χ1) is 12.1. The van der Waals surface area contributed by atoms with E-state index in [0.29, 0.717) is 48.1 Å². The summed E-state index contributed by atoms with van der Waals surface area (Å²) < 4.78 is 5.21. The first kappa shape index (κ1) is 23.2. The van der Waals surface area contributed by atoms with E-state index in [-0.39, 0.29) is 49.1 Å². The molecule has 0 atom stereocenters. The highest BCUT2D eigenvalue weighted by Gasteiger charge is 2.28. The SMILES string of the molecule is Cl.Cl.NCc1cc(C(=O)N2CCC(C(=O)Nc3ccc(Cl)cn3)CC2)co1. The summed E-state index contributed by atoms with van der Waals surface area (Å²) in [6.45, 7) is 1.30. The number of hydrogen-bond acceptors (Lipinski definition) is 5. The first-order valence-electron chi connectivity index (χ1n) is 8.06. The number of likely N-dealkylation sites (tertiary alicyclic amines) is 1. The predicted octanol–water partition coefficient (Wildman–Crippen LogP) is 3.12. The van der Waals surface area contributed by atoms with Crippen LogP contribution >= 0.6 is 36.4 Å². The van der Waals surface area contributed by atoms with Crippen molar-refractivity contribution in [3.63, 3.8) is 0 Å². The average Bonchev–Trinajstić information content (AvgIpc) is 3.12. The fourth-order valence-electron chi connectivity index (χ4n) is 2.81. The van der Waals surface area contributed by atoms with E-state index in [9.17, 15) is 9.59 Å². The summed E-state index contributed by atoms with van der Waals surface area (Å²) in [4.78, 5) is 30.5. The maximum Gasteiger partial charge on any atom is 0.257 e. The Morgan fingerprint density at radius 2 is 2.00 bits per heavy atom. The summed E-state index contributed by atoms with van der Waals surface area (Å²) >= 11 is 5.78. The van der Waals surface area contributed by atoms with Crippen molar-refractivity contribution in [3.05, 3.63) is 47.0 Å². The summed E-state index contributed by atoms with van der Waals surface area (Å²) in [5, 5.41) is 3.30. The van der Waals surface area contributed by atoms with Gasteiger partial charge in [0, 0.05) is 25.2 Å². The smallest absolute Gasteiger partial charge is 0.257 e. The van der Waals surface area contributed by atoms with Gasteiger partial charge in [-0.2, -0.15) is 0 Å². The molecule has 3 N–H and O–H groups in total. The highest BCUT2D eigenvalue weighted by molar-refractivity contribution is 6.30. The number of piperidine rings is 1. The third-order valence-electron chi connectivity index (χ3n) is 4.23. The number of amides is 2. The lowest BCUT2D eigenvalue weighted by molar-refractivity contribution is -0.121. The first-order valence-corrected chi connectivity index (χ1v) is 8.44. The number of halogens is 3. The molecule has 2 aromatic rings. The minimum Gasteiger partial charge on any atom is -0.467 e. The van der Waals surface area contributed by atoms with Crippen LogP contribution < -0.4 is 11.1 Å². The molecule has 1 saturated heterocycles. The molecule has 0 bridgehead atoms. The zero-order chi connectivity index (χ0) is 17.8. The molecule has 7 nitrogen and oxygen atoms in total. The Kier molecular flexibility index (Phi) is 9.05. The van der Waals surface area contributed by atoms with Crippen molar-refractivity contribution in [3.8, 4) is 0 Å². The Morgan fingerprint density at radius 1 is 1.30 bits per heavy atom. The van der Waals surface area contributed by atoms with Gasteiger partial charge in [0.25, 0.3) is 5.91 Å². The molecule has 1 aliphatic rings. The molecule has 0 spiro atoms. The molecule has 0 unspecified atom stereocenters. The predicted molar refractivity (Wildman–Crippen MR) is 108 cm³/mol. The second-order valence-electron chi connectivity index (χ2n) is 5.92. The number of furan rings is 1. The second-order valence-corrected chi connectivity index (χ2v) is 6.36. The van der Waals surface area contributed by atoms with E-state index in [0.717, 1.165) is 0 Å². The van der Waals surface area contributed by atoms with Gasteiger partial charge in [0.05, 0.1) is 17.1 Å². The van der Waals surface area contributed by atoms with E-state index in [1.165, 1.54) is 12.5 Å². The number of nitrogens with two attached hydrogens (primary N) is 1. The largest absolute Gasteiger partial charge is 0.467 e. The molecule has 2 aromatic heterocycles. The molecule has 0 saturated carbocycles. The topological polar surface area (TPSA) is 101 Å². The molecule has 0 radical (unpaired) electrons. The standard InChI is InChI=1S/C17H19ClN4O3.2ClH/c18-13-1-2-15(20-9-13)21-16(23)11-3-5-22(6-4-11)17(24)12-7-14(8-19)25-10-12;;/h1-2,7,9-11H,3-6,8,19H2,(H,20,21,23);2*1H. The Morgan fingerprint density at radius 3 is 2.56 bits per heavy atom. The molecule has 0 aliphatic carbocycles. The van der Waals surface area contributed by atoms with Gasteiger partial charge in [0.1, 0.15) is 17.8 Å². The van der Waals surface area contributed by atoms with Crippen molar-refractivity contribution in [2.45, 2.75) is 19.4 Å². The van der Waals surface area contributed by atoms with Gasteiger partial charge in [0.15, 0.2) is 0 Å². The van der Waals surface area contributed by atoms with Gasteiger partial charge in [-0.3, -0.25) is 9.59 Å². The van der Waals surface area contributed by atoms with Crippen LogP contribution in [0, 0.1) is 5.92 Å². The maximum atomic E-state index is 12.4. The lowest BCUT2D eigenvalue weighted by atomic mass is 9.95. The van der Waals surface area contributed by atoms with Gasteiger partial charge in [-0.25, -0.2) is 4.98 Å². The molecule has 3 rings (SSSR count). The fourth-order valence-corrected chi connectivity index (χ4v) is 2.92. The number of rotatable bonds is 4. The molecule has 3 heterocycles. The molecular weight excluding hydrogens is 415 g/mol. The average molecular weight is 436 g/mol. The minimum atomic E-state index is -0.148. The molecule has 148 valence electrons. The van der Waals surface area contributed by atoms with Gasteiger partial charge in [0.2, 0.25) is 5.91 Å². The number of pyridine rings is 1. The highest BCUT2D eigenvalue weighted by Crippen LogP contribution is 2.21. The molecule has 10 heteroatoms. The van der Waals surface area contributed by atoms with Crippen molar-refractivity contribution in [2.75, 3.05) is 18.4 Å². The monoisotopic (exact) mass is 434 g/mol. The normalized spacial score (nSPS) is 14.1. The van der Waals surface area contributed by atoms with Gasteiger partial charge < -0.3 is 20.4 Å². The number of carbonyl (C=O) groups is 2. The quantitative estimate of drug-likeness (QED) is 0.768. The Hall–Kier alpha value is -1.80. The number of anilines is 1. The van der Waals surface area contributed by atoms with Crippen molar-refractivity contribution < 1.29 is 14.0 Å². The van der Waals surface area contributed by atoms with E-state index in [4.69, 9.17) is 21.8 Å². The van der Waals surface area contributed by atoms with Crippen LogP contribution in [0.3, 0.4) is 0 Å². The molecule has 0 aromatic carbocycles. The van der Waals surface area contributed by atoms with Crippen LogP contribution in [0.15, 0.2) is 35.1 Å². The number of hydrogen-bond donors (Lipinski definition) is 2. The van der Waals surface area contributed by atoms with Gasteiger partial charge in [-0.05, 0) is 31.0 Å². The number of aromatic nitrogens is 1. The third kappa shape index (κ3) is 5.84. The van der Waals surface area contributed by atoms with Gasteiger partial charge in [-0.15, -0.1) is 24.8 Å². The van der Waals surface area contributed by atoms with Crippen LogP contribution in [0.5, 0.6) is 0 Å². The Labute approximate surface area is 174 Å². The van der Waals surface area contributed by atoms with Crippen LogP contribution in [-0.2, 0) is 11.3 Å². The molecular formula is C17H21Cl3N4O3. The zero-order valence-corrected chi connectivity index (χ0v) is 16.8. The van der Waals surface area contributed by atoms with Crippen LogP contribution in [0.25, 0.3) is 0 Å². The van der Waals surface area contributed by atoms with Crippen molar-refractivity contribution >= 4 is 54.0 Å². The molecule has 27 heavy (non-hydrogen) atoms. The van der Waals surface area contributed by atoms with E-state index in [2.05, 4.69) is 10.3 Å². The van der Waals surface area contributed by atoms with Crippen LogP contribution in [-0.4, -0.2) is 34.8 Å². The summed E-state index contributed by atoms with van der Waals surface area (Å²) in [5.41, 5.74) is 5.98. The van der Waals surface area contributed by atoms with Gasteiger partial charge >= 0.3 is 0 Å². The Bertz CT molecular complexity index is 759. The van der Waals surface area contributed by atoms with Crippen molar-refractivity contribution in [1.82, 2.24) is 9.88 Å². The number of carbonyl (C=O) groups excluding carboxylic acids is 2. The van der Waals surface area contributed by atoms with Crippen LogP contribution in [0.2, 0.25) is 5.02 Å². The van der Waals surface area contributed by atoms with Crippen LogP contribution in [0.4, 0.5) is 5.82 Å². The molecule has 1 aliphatic heterocycles. The van der Waals surface area contributed by atoms with E-state index >= 15 is 0 Å². The number of nitrogens with one attached hydrogen (secondary N) is 1. The van der Waals surface area contributed by atoms with Crippen LogP contribution in [0.1, 0.15) is 29.0 Å². The lowest BCUT2D eigenvalue weighted by Crippen LogP contribution is -2.41. The van der Waals surface area contributed by atoms with E-state index < -0.39 is 0 Å². The van der Waals surface area contributed by atoms with Gasteiger partial charge in [-0.1, -0.05) is 11.6 Å². The van der Waals surface area contributed by atoms with Crippen molar-refractivity contribution in [2.24, 2.45) is 11.7 Å². The summed E-state index contributed by atoms with van der Waals surface area (Å²) in [5.74, 6) is 0.719. The zero-order valence-electron chi connectivity index (χ0n) is 14.4. The fraction of sp³-hybridized carbons (Fsp3) is 0.353. The highest BCUT2D eigenvalue weighted by atomic mass is 35.5. The number of nitrogens with zero attached hydrogens (tertiary/aromatic N) is 2. The maximum absolute atomic E-state index is 12.4. The summed E-state index contributed by atoms with van der Waals surface area (Å²) in [7, 11) is 0. The van der Waals surface area contributed by atoms with Crippen molar-refractivity contribution in [1.29, 1.82) is 0 Å². The molecule has 2 amide bonds. The summed E-state index contributed by atoms with van der Waals surface area (Å²) in [6.07, 6.45) is 4.12. The van der Waals surface area contributed by atoms with E-state index in [1.807, 2.05) is 0 Å².